The number of hydrogen-bond acceptors (Lipinski definition) is 3. The van der Waals surface area contributed by atoms with Gasteiger partial charge in [0.2, 0.25) is 5.91 Å². The van der Waals surface area contributed by atoms with Crippen molar-refractivity contribution in [3.63, 3.8) is 0 Å². The Labute approximate surface area is 197 Å². The Kier molecular flexibility index (Phi) is 10.7. The smallest absolute Gasteiger partial charge is 0.220 e. The molecule has 0 bridgehead atoms. The highest BCUT2D eigenvalue weighted by atomic mass is 16.7. The summed E-state index contributed by atoms with van der Waals surface area (Å²) in [6, 6.07) is 10.6. The molecule has 0 radical (unpaired) electrons. The topological polar surface area (TPSA) is 41.6 Å². The van der Waals surface area contributed by atoms with Crippen molar-refractivity contribution in [3.8, 4) is 0 Å². The van der Waals surface area contributed by atoms with E-state index in [1.165, 1.54) is 31.2 Å². The summed E-state index contributed by atoms with van der Waals surface area (Å²) in [6.07, 6.45) is 11.8. The van der Waals surface area contributed by atoms with E-state index in [-0.39, 0.29) is 29.1 Å². The van der Waals surface area contributed by atoms with Crippen LogP contribution >= 0.6 is 0 Å². The molecule has 32 heavy (non-hydrogen) atoms. The lowest BCUT2D eigenvalue weighted by molar-refractivity contribution is -0.316. The zero-order chi connectivity index (χ0) is 23.6. The molecule has 0 aromatic heterocycles. The van der Waals surface area contributed by atoms with E-state index >= 15 is 0 Å². The first kappa shape index (κ1) is 26.9. The highest BCUT2D eigenvalue weighted by Crippen LogP contribution is 2.44. The fourth-order valence-corrected chi connectivity index (χ4v) is 5.43. The van der Waals surface area contributed by atoms with Crippen molar-refractivity contribution in [2.75, 3.05) is 0 Å². The van der Waals surface area contributed by atoms with Gasteiger partial charge in [0.1, 0.15) is 6.10 Å². The second kappa shape index (κ2) is 12.7. The van der Waals surface area contributed by atoms with Gasteiger partial charge in [-0.2, -0.15) is 5.06 Å². The van der Waals surface area contributed by atoms with Crippen LogP contribution in [0.1, 0.15) is 124 Å². The van der Waals surface area contributed by atoms with Crippen LogP contribution in [0, 0.1) is 0 Å². The summed E-state index contributed by atoms with van der Waals surface area (Å²) in [5.41, 5.74) is 0.952. The van der Waals surface area contributed by atoms with Crippen LogP contribution < -0.4 is 5.32 Å². The molecule has 1 aromatic rings. The molecule has 1 aliphatic rings. The standard InChI is InChI=1S/C28H48N2O2/c1-7-10-11-12-13-17-20-26(31)29-25-21-27(5,6)30(28(8-2,9-3)22-25)32-23(4)24-18-15-14-16-19-24/h14-16,18-19,23,25H,7-13,17,20-22H2,1-6H3,(H,29,31). The Morgan fingerprint density at radius 2 is 1.66 bits per heavy atom. The van der Waals surface area contributed by atoms with Crippen molar-refractivity contribution in [2.45, 2.75) is 135 Å². The summed E-state index contributed by atoms with van der Waals surface area (Å²) < 4.78 is 0. The van der Waals surface area contributed by atoms with Crippen LogP contribution in [0.15, 0.2) is 30.3 Å². The Balaban J connectivity index is 2.01. The zero-order valence-corrected chi connectivity index (χ0v) is 21.6. The molecule has 0 aliphatic carbocycles. The number of nitrogens with one attached hydrogen (secondary N) is 1. The maximum Gasteiger partial charge on any atom is 0.220 e. The third-order valence-electron chi connectivity index (χ3n) is 7.32. The Morgan fingerprint density at radius 1 is 1.03 bits per heavy atom. The van der Waals surface area contributed by atoms with Crippen molar-refractivity contribution in [1.29, 1.82) is 0 Å². The monoisotopic (exact) mass is 444 g/mol. The quantitative estimate of drug-likeness (QED) is 0.323. The molecule has 4 nitrogen and oxygen atoms in total. The number of unbranched alkanes of at least 4 members (excludes halogenated alkanes) is 5. The van der Waals surface area contributed by atoms with Gasteiger partial charge >= 0.3 is 0 Å². The van der Waals surface area contributed by atoms with Gasteiger partial charge in [0, 0.05) is 23.5 Å². The van der Waals surface area contributed by atoms with Gasteiger partial charge in [-0.3, -0.25) is 9.63 Å². The van der Waals surface area contributed by atoms with Crippen LogP contribution in [0.25, 0.3) is 0 Å². The van der Waals surface area contributed by atoms with E-state index in [1.807, 2.05) is 6.07 Å². The molecule has 0 spiro atoms. The van der Waals surface area contributed by atoms with Crippen molar-refractivity contribution >= 4 is 5.91 Å². The van der Waals surface area contributed by atoms with E-state index in [1.54, 1.807) is 0 Å². The molecular formula is C28H48N2O2. The summed E-state index contributed by atoms with van der Waals surface area (Å²) in [6.45, 7) is 13.4. The molecule has 1 N–H and O–H groups in total. The Morgan fingerprint density at radius 3 is 2.28 bits per heavy atom. The van der Waals surface area contributed by atoms with Gasteiger partial charge in [-0.1, -0.05) is 83.2 Å². The van der Waals surface area contributed by atoms with Gasteiger partial charge in [0.05, 0.1) is 0 Å². The van der Waals surface area contributed by atoms with Crippen LogP contribution in [0.2, 0.25) is 0 Å². The van der Waals surface area contributed by atoms with Gasteiger partial charge in [-0.25, -0.2) is 0 Å². The molecule has 1 fully saturated rings. The van der Waals surface area contributed by atoms with Gasteiger partial charge in [0.25, 0.3) is 0 Å². The van der Waals surface area contributed by atoms with E-state index in [9.17, 15) is 4.79 Å². The summed E-state index contributed by atoms with van der Waals surface area (Å²) >= 11 is 0. The molecular weight excluding hydrogens is 396 g/mol. The van der Waals surface area contributed by atoms with E-state index < -0.39 is 0 Å². The Hall–Kier alpha value is -1.39. The number of nitrogens with zero attached hydrogens (tertiary/aromatic N) is 1. The third-order valence-corrected chi connectivity index (χ3v) is 7.32. The molecule has 1 heterocycles. The van der Waals surface area contributed by atoms with Crippen LogP contribution in [-0.2, 0) is 9.63 Å². The first-order chi connectivity index (χ1) is 15.3. The molecule has 2 rings (SSSR count). The lowest BCUT2D eigenvalue weighted by Gasteiger charge is -2.57. The predicted molar refractivity (Wildman–Crippen MR) is 134 cm³/mol. The zero-order valence-electron chi connectivity index (χ0n) is 21.6. The molecule has 1 aliphatic heterocycles. The van der Waals surface area contributed by atoms with Gasteiger partial charge in [0.15, 0.2) is 0 Å². The van der Waals surface area contributed by atoms with Crippen molar-refractivity contribution < 1.29 is 9.63 Å². The highest BCUT2D eigenvalue weighted by Gasteiger charge is 2.50. The number of carbonyl (C=O) groups excluding carboxylic acids is 1. The van der Waals surface area contributed by atoms with Gasteiger partial charge in [-0.15, -0.1) is 0 Å². The van der Waals surface area contributed by atoms with Gasteiger partial charge in [-0.05, 0) is 58.4 Å². The van der Waals surface area contributed by atoms with Crippen LogP contribution in [0.4, 0.5) is 0 Å². The third kappa shape index (κ3) is 7.31. The largest absolute Gasteiger partial charge is 0.353 e. The minimum atomic E-state index is -0.161. The number of amides is 1. The molecule has 182 valence electrons. The summed E-state index contributed by atoms with van der Waals surface area (Å²) in [7, 11) is 0. The fourth-order valence-electron chi connectivity index (χ4n) is 5.43. The molecule has 0 saturated carbocycles. The van der Waals surface area contributed by atoms with E-state index in [0.717, 1.165) is 38.5 Å². The normalized spacial score (nSPS) is 21.2. The summed E-state index contributed by atoms with van der Waals surface area (Å²) in [5.74, 6) is 0.217. The van der Waals surface area contributed by atoms with Crippen LogP contribution in [0.5, 0.6) is 0 Å². The Bertz CT molecular complexity index is 669. The SMILES string of the molecule is CCCCCCCCC(=O)NC1CC(C)(C)N(OC(C)c2ccccc2)C(CC)(CC)C1. The van der Waals surface area contributed by atoms with Crippen LogP contribution in [-0.4, -0.2) is 28.1 Å². The number of carbonyl (C=O) groups is 1. The van der Waals surface area contributed by atoms with Crippen molar-refractivity contribution in [1.82, 2.24) is 10.4 Å². The molecule has 1 amide bonds. The first-order valence-corrected chi connectivity index (χ1v) is 13.1. The second-order valence-corrected chi connectivity index (χ2v) is 10.4. The minimum Gasteiger partial charge on any atom is -0.353 e. The molecule has 1 saturated heterocycles. The van der Waals surface area contributed by atoms with Crippen molar-refractivity contribution in [3.05, 3.63) is 35.9 Å². The van der Waals surface area contributed by atoms with E-state index in [0.29, 0.717) is 6.42 Å². The number of hydrogen-bond donors (Lipinski definition) is 1. The van der Waals surface area contributed by atoms with Crippen molar-refractivity contribution in [2.24, 2.45) is 0 Å². The van der Waals surface area contributed by atoms with E-state index in [4.69, 9.17) is 4.84 Å². The maximum atomic E-state index is 12.7. The minimum absolute atomic E-state index is 0.00759. The number of benzene rings is 1. The molecule has 4 heteroatoms. The molecule has 2 unspecified atom stereocenters. The molecule has 1 aromatic carbocycles. The number of piperidine rings is 1. The summed E-state index contributed by atoms with van der Waals surface area (Å²) in [5, 5.41) is 5.67. The highest BCUT2D eigenvalue weighted by molar-refractivity contribution is 5.76. The van der Waals surface area contributed by atoms with Gasteiger partial charge < -0.3 is 5.32 Å². The lowest BCUT2D eigenvalue weighted by Crippen LogP contribution is -2.66. The lowest BCUT2D eigenvalue weighted by atomic mass is 9.74. The first-order valence-electron chi connectivity index (χ1n) is 13.1. The predicted octanol–water partition coefficient (Wildman–Crippen LogP) is 7.35. The van der Waals surface area contributed by atoms with E-state index in [2.05, 4.69) is 76.2 Å². The summed E-state index contributed by atoms with van der Waals surface area (Å²) in [4.78, 5) is 19.4. The fraction of sp³-hybridized carbons (Fsp3) is 0.750. The number of hydroxylamine groups is 2. The second-order valence-electron chi connectivity index (χ2n) is 10.4. The average molecular weight is 445 g/mol. The maximum absolute atomic E-state index is 12.7. The average Bonchev–Trinajstić information content (AvgIpc) is 2.78. The van der Waals surface area contributed by atoms with Crippen LogP contribution in [0.3, 0.4) is 0 Å². The molecule has 2 atom stereocenters. The number of rotatable bonds is 13.